The van der Waals surface area contributed by atoms with E-state index in [2.05, 4.69) is 16.6 Å². The molecule has 1 aromatic carbocycles. The van der Waals surface area contributed by atoms with E-state index in [4.69, 9.17) is 4.74 Å². The van der Waals surface area contributed by atoms with Gasteiger partial charge in [0.15, 0.2) is 11.6 Å². The molecule has 0 aliphatic carbocycles. The molecule has 0 fully saturated rings. The van der Waals surface area contributed by atoms with Crippen molar-refractivity contribution in [3.05, 3.63) is 29.8 Å². The molecule has 0 aliphatic heterocycles. The largest absolute Gasteiger partial charge is 0.478 e. The van der Waals surface area contributed by atoms with E-state index in [0.29, 0.717) is 6.07 Å². The molecule has 1 rings (SSSR count). The average Bonchev–Trinajstić information content (AvgIpc) is 2.35. The van der Waals surface area contributed by atoms with E-state index in [0.717, 1.165) is 12.1 Å². The lowest BCUT2D eigenvalue weighted by atomic mass is 10.3. The summed E-state index contributed by atoms with van der Waals surface area (Å²) in [5.41, 5.74) is 0. The van der Waals surface area contributed by atoms with E-state index >= 15 is 0 Å². The molecule has 4 nitrogen and oxygen atoms in total. The Balaban J connectivity index is 2.41. The molecule has 0 radical (unpaired) electrons. The summed E-state index contributed by atoms with van der Waals surface area (Å²) in [4.78, 5) is 0. The lowest BCUT2D eigenvalue weighted by Crippen LogP contribution is -2.31. The van der Waals surface area contributed by atoms with Gasteiger partial charge < -0.3 is 4.74 Å². The standard InChI is InChI=1S/C13H15F2NO3S/c1-10(2)20(17,18)16-7-3-4-8-19-13-6-5-11(14)9-12(13)15/h5-6,9-10,16H,7-8H2,1-2H3. The van der Waals surface area contributed by atoms with Crippen LogP contribution in [0.3, 0.4) is 0 Å². The minimum Gasteiger partial charge on any atom is -0.478 e. The maximum Gasteiger partial charge on any atom is 0.214 e. The van der Waals surface area contributed by atoms with Crippen molar-refractivity contribution in [2.24, 2.45) is 0 Å². The van der Waals surface area contributed by atoms with Crippen molar-refractivity contribution >= 4 is 10.0 Å². The van der Waals surface area contributed by atoms with Gasteiger partial charge in [-0.05, 0) is 26.0 Å². The molecule has 20 heavy (non-hydrogen) atoms. The molecule has 0 saturated heterocycles. The van der Waals surface area contributed by atoms with E-state index in [1.807, 2.05) is 0 Å². The Morgan fingerprint density at radius 2 is 2.00 bits per heavy atom. The van der Waals surface area contributed by atoms with Gasteiger partial charge in [-0.2, -0.15) is 0 Å². The smallest absolute Gasteiger partial charge is 0.214 e. The number of sulfonamides is 1. The summed E-state index contributed by atoms with van der Waals surface area (Å²) in [6.45, 7) is 2.94. The molecule has 0 spiro atoms. The summed E-state index contributed by atoms with van der Waals surface area (Å²) in [7, 11) is -3.34. The molecule has 110 valence electrons. The third kappa shape index (κ3) is 5.15. The molecule has 0 saturated carbocycles. The van der Waals surface area contributed by atoms with Gasteiger partial charge in [0, 0.05) is 6.07 Å². The van der Waals surface area contributed by atoms with Crippen LogP contribution in [0.4, 0.5) is 8.78 Å². The van der Waals surface area contributed by atoms with Crippen molar-refractivity contribution in [3.63, 3.8) is 0 Å². The van der Waals surface area contributed by atoms with Crippen LogP contribution in [0.2, 0.25) is 0 Å². The Kier molecular flexibility index (Phi) is 5.92. The molecule has 0 amide bonds. The van der Waals surface area contributed by atoms with Crippen molar-refractivity contribution in [1.29, 1.82) is 0 Å². The zero-order valence-corrected chi connectivity index (χ0v) is 11.9. The van der Waals surface area contributed by atoms with Gasteiger partial charge in [0.1, 0.15) is 12.4 Å². The zero-order valence-electron chi connectivity index (χ0n) is 11.1. The van der Waals surface area contributed by atoms with Crippen molar-refractivity contribution in [2.45, 2.75) is 19.1 Å². The molecular weight excluding hydrogens is 288 g/mol. The molecule has 0 atom stereocenters. The normalized spacial score (nSPS) is 11.1. The maximum atomic E-state index is 13.2. The molecule has 0 aliphatic rings. The summed E-state index contributed by atoms with van der Waals surface area (Å²) in [5, 5.41) is -0.533. The number of benzene rings is 1. The number of hydrogen-bond donors (Lipinski definition) is 1. The van der Waals surface area contributed by atoms with E-state index in [9.17, 15) is 17.2 Å². The van der Waals surface area contributed by atoms with Crippen LogP contribution in [0.5, 0.6) is 5.75 Å². The first-order valence-electron chi connectivity index (χ1n) is 5.85. The van der Waals surface area contributed by atoms with Gasteiger partial charge in [0.2, 0.25) is 10.0 Å². The highest BCUT2D eigenvalue weighted by molar-refractivity contribution is 7.90. The Bertz CT molecular complexity index is 618. The fourth-order valence-electron chi connectivity index (χ4n) is 1.12. The fourth-order valence-corrected chi connectivity index (χ4v) is 1.73. The SMILES string of the molecule is CC(C)S(=O)(=O)NCC#CCOc1ccc(F)cc1F. The van der Waals surface area contributed by atoms with Gasteiger partial charge in [-0.15, -0.1) is 0 Å². The predicted octanol–water partition coefficient (Wildman–Crippen LogP) is 1.67. The van der Waals surface area contributed by atoms with Crippen LogP contribution >= 0.6 is 0 Å². The fraction of sp³-hybridized carbons (Fsp3) is 0.385. The highest BCUT2D eigenvalue weighted by Gasteiger charge is 2.13. The van der Waals surface area contributed by atoms with Crippen LogP contribution in [0.15, 0.2) is 18.2 Å². The zero-order chi connectivity index (χ0) is 15.2. The average molecular weight is 303 g/mol. The second-order valence-corrected chi connectivity index (χ2v) is 6.45. The summed E-state index contributed by atoms with van der Waals surface area (Å²) in [6, 6.07) is 2.94. The van der Waals surface area contributed by atoms with Crippen molar-refractivity contribution < 1.29 is 21.9 Å². The Labute approximate surface area is 117 Å². The molecule has 1 N–H and O–H groups in total. The van der Waals surface area contributed by atoms with Crippen LogP contribution in [0, 0.1) is 23.5 Å². The summed E-state index contributed by atoms with van der Waals surface area (Å²) in [6.07, 6.45) is 0. The minimum atomic E-state index is -3.34. The second-order valence-electron chi connectivity index (χ2n) is 4.13. The van der Waals surface area contributed by atoms with Crippen molar-refractivity contribution in [2.75, 3.05) is 13.2 Å². The van der Waals surface area contributed by atoms with Gasteiger partial charge in [-0.3, -0.25) is 0 Å². The number of rotatable bonds is 5. The highest BCUT2D eigenvalue weighted by atomic mass is 32.2. The molecule has 0 heterocycles. The number of ether oxygens (including phenoxy) is 1. The Morgan fingerprint density at radius 1 is 1.30 bits per heavy atom. The van der Waals surface area contributed by atoms with Gasteiger partial charge in [0.25, 0.3) is 0 Å². The molecular formula is C13H15F2NO3S. The first-order chi connectivity index (χ1) is 9.33. The van der Waals surface area contributed by atoms with E-state index in [-0.39, 0.29) is 18.9 Å². The number of halogens is 2. The maximum absolute atomic E-state index is 13.2. The van der Waals surface area contributed by atoms with Crippen LogP contribution in [-0.2, 0) is 10.0 Å². The molecule has 7 heteroatoms. The van der Waals surface area contributed by atoms with Crippen LogP contribution in [0.1, 0.15) is 13.8 Å². The highest BCUT2D eigenvalue weighted by Crippen LogP contribution is 2.17. The number of nitrogens with one attached hydrogen (secondary N) is 1. The molecule has 0 unspecified atom stereocenters. The second kappa shape index (κ2) is 7.22. The monoisotopic (exact) mass is 303 g/mol. The summed E-state index contributed by atoms with van der Waals surface area (Å²) in [5.74, 6) is 3.45. The van der Waals surface area contributed by atoms with Crippen LogP contribution < -0.4 is 9.46 Å². The Morgan fingerprint density at radius 3 is 2.60 bits per heavy atom. The van der Waals surface area contributed by atoms with Crippen molar-refractivity contribution in [1.82, 2.24) is 4.72 Å². The lowest BCUT2D eigenvalue weighted by Gasteiger charge is -2.06. The molecule has 1 aromatic rings. The first kappa shape index (κ1) is 16.4. The van der Waals surface area contributed by atoms with E-state index in [1.54, 1.807) is 13.8 Å². The minimum absolute atomic E-state index is 0.0459. The topological polar surface area (TPSA) is 55.4 Å². The van der Waals surface area contributed by atoms with Gasteiger partial charge in [-0.1, -0.05) is 11.8 Å². The van der Waals surface area contributed by atoms with E-state index in [1.165, 1.54) is 0 Å². The molecule has 0 aromatic heterocycles. The summed E-state index contributed by atoms with van der Waals surface area (Å²) >= 11 is 0. The third-order valence-corrected chi connectivity index (χ3v) is 4.09. The summed E-state index contributed by atoms with van der Waals surface area (Å²) < 4.78 is 55.8. The third-order valence-electron chi connectivity index (χ3n) is 2.30. The Hall–Kier alpha value is -1.65. The van der Waals surface area contributed by atoms with Gasteiger partial charge in [0.05, 0.1) is 11.8 Å². The molecule has 0 bridgehead atoms. The van der Waals surface area contributed by atoms with Crippen LogP contribution in [0.25, 0.3) is 0 Å². The quantitative estimate of drug-likeness (QED) is 0.842. The van der Waals surface area contributed by atoms with Gasteiger partial charge >= 0.3 is 0 Å². The van der Waals surface area contributed by atoms with E-state index < -0.39 is 26.9 Å². The number of hydrogen-bond acceptors (Lipinski definition) is 3. The lowest BCUT2D eigenvalue weighted by molar-refractivity contribution is 0.346. The van der Waals surface area contributed by atoms with Gasteiger partial charge in [-0.25, -0.2) is 21.9 Å². The first-order valence-corrected chi connectivity index (χ1v) is 7.39. The van der Waals surface area contributed by atoms with Crippen LogP contribution in [-0.4, -0.2) is 26.8 Å². The van der Waals surface area contributed by atoms with Crippen molar-refractivity contribution in [3.8, 4) is 17.6 Å². The predicted molar refractivity (Wildman–Crippen MR) is 71.7 cm³/mol.